The second kappa shape index (κ2) is 13.3. The van der Waals surface area contributed by atoms with E-state index in [1.807, 2.05) is 37.3 Å². The van der Waals surface area contributed by atoms with Gasteiger partial charge in [-0.15, -0.1) is 0 Å². The summed E-state index contributed by atoms with van der Waals surface area (Å²) >= 11 is 1.57. The Morgan fingerprint density at radius 1 is 1.03 bits per heavy atom. The average Bonchev–Trinajstić information content (AvgIpc) is 3.23. The molecule has 178 valence electrons. The van der Waals surface area contributed by atoms with Crippen LogP contribution in [-0.4, -0.2) is 41.6 Å². The van der Waals surface area contributed by atoms with Crippen LogP contribution in [0, 0.1) is 0 Å². The smallest absolute Gasteiger partial charge is 0.305 e. The summed E-state index contributed by atoms with van der Waals surface area (Å²) in [5.41, 5.74) is 2.28. The van der Waals surface area contributed by atoms with Crippen molar-refractivity contribution in [1.82, 2.24) is 9.88 Å². The van der Waals surface area contributed by atoms with Crippen LogP contribution < -0.4 is 4.74 Å². The Hall–Kier alpha value is -2.44. The predicted molar refractivity (Wildman–Crippen MR) is 136 cm³/mol. The second-order valence-electron chi connectivity index (χ2n) is 8.35. The number of benzene rings is 2. The summed E-state index contributed by atoms with van der Waals surface area (Å²) in [4.78, 5) is 18.6. The van der Waals surface area contributed by atoms with Crippen molar-refractivity contribution in [3.05, 3.63) is 54.1 Å². The van der Waals surface area contributed by atoms with E-state index in [-0.39, 0.29) is 5.97 Å². The van der Waals surface area contributed by atoms with Crippen LogP contribution >= 0.6 is 11.3 Å². The largest absolute Gasteiger partial charge is 0.466 e. The van der Waals surface area contributed by atoms with E-state index in [4.69, 9.17) is 9.47 Å². The van der Waals surface area contributed by atoms with E-state index in [1.165, 1.54) is 5.56 Å². The molecule has 2 aromatic carbocycles. The minimum atomic E-state index is -0.0770. The Morgan fingerprint density at radius 3 is 2.55 bits per heavy atom. The molecule has 1 atom stereocenters. The number of ether oxygens (including phenoxy) is 2. The molecule has 0 spiro atoms. The number of fused-ring (bicyclic) bond motifs is 1. The maximum Gasteiger partial charge on any atom is 0.305 e. The van der Waals surface area contributed by atoms with Crippen LogP contribution in [0.3, 0.4) is 0 Å². The van der Waals surface area contributed by atoms with Crippen molar-refractivity contribution < 1.29 is 14.3 Å². The molecule has 3 rings (SSSR count). The van der Waals surface area contributed by atoms with Gasteiger partial charge in [0.2, 0.25) is 0 Å². The molecule has 0 aliphatic heterocycles. The fraction of sp³-hybridized carbons (Fsp3) is 0.481. The van der Waals surface area contributed by atoms with E-state index in [0.717, 1.165) is 61.2 Å². The number of carbonyl (C=O) groups excluding carboxylic acids is 1. The minimum Gasteiger partial charge on any atom is -0.466 e. The summed E-state index contributed by atoms with van der Waals surface area (Å²) in [7, 11) is 0. The predicted octanol–water partition coefficient (Wildman–Crippen LogP) is 6.86. The molecule has 5 nitrogen and oxygen atoms in total. The molecule has 0 saturated carbocycles. The fourth-order valence-corrected chi connectivity index (χ4v) is 4.63. The molecule has 1 aromatic heterocycles. The zero-order valence-corrected chi connectivity index (χ0v) is 20.9. The van der Waals surface area contributed by atoms with Crippen LogP contribution in [-0.2, 0) is 16.0 Å². The van der Waals surface area contributed by atoms with Gasteiger partial charge >= 0.3 is 5.97 Å². The van der Waals surface area contributed by atoms with Crippen molar-refractivity contribution in [2.75, 3.05) is 19.7 Å². The molecule has 0 saturated heterocycles. The molecule has 0 bridgehead atoms. The second-order valence-corrected chi connectivity index (χ2v) is 9.35. The fourth-order valence-electron chi connectivity index (χ4n) is 3.80. The highest BCUT2D eigenvalue weighted by Crippen LogP contribution is 2.31. The molecule has 0 aliphatic carbocycles. The number of carbonyl (C=O) groups is 1. The van der Waals surface area contributed by atoms with Gasteiger partial charge in [-0.2, -0.15) is 0 Å². The Bertz CT molecular complexity index is 953. The third-order valence-electron chi connectivity index (χ3n) is 5.94. The van der Waals surface area contributed by atoms with E-state index >= 15 is 0 Å². The monoisotopic (exact) mass is 468 g/mol. The highest BCUT2D eigenvalue weighted by atomic mass is 32.1. The van der Waals surface area contributed by atoms with E-state index in [9.17, 15) is 4.79 Å². The van der Waals surface area contributed by atoms with Gasteiger partial charge in [0.05, 0.1) is 16.8 Å². The van der Waals surface area contributed by atoms with Crippen LogP contribution in [0.25, 0.3) is 10.2 Å². The highest BCUT2D eigenvalue weighted by molar-refractivity contribution is 7.20. The molecule has 0 N–H and O–H groups in total. The normalized spacial score (nSPS) is 12.2. The van der Waals surface area contributed by atoms with Crippen molar-refractivity contribution in [2.45, 2.75) is 65.3 Å². The molecule has 0 radical (unpaired) electrons. The van der Waals surface area contributed by atoms with Crippen molar-refractivity contribution in [2.24, 2.45) is 0 Å². The van der Waals surface area contributed by atoms with Gasteiger partial charge in [0.25, 0.3) is 5.19 Å². The maximum absolute atomic E-state index is 11.5. The van der Waals surface area contributed by atoms with E-state index in [0.29, 0.717) is 24.3 Å². The Kier molecular flexibility index (Phi) is 10.2. The van der Waals surface area contributed by atoms with Gasteiger partial charge in [-0.05, 0) is 75.9 Å². The SMILES string of the molecule is CCOC(=O)CCCCCN(CCc1ccc(Oc2nc3ccccc3s2)cc1)C(C)CC. The lowest BCUT2D eigenvalue weighted by molar-refractivity contribution is -0.143. The van der Waals surface area contributed by atoms with Crippen LogP contribution in [0.4, 0.5) is 0 Å². The maximum atomic E-state index is 11.5. The number of nitrogens with zero attached hydrogens (tertiary/aromatic N) is 2. The standard InChI is InChI=1S/C27H36N2O3S/c1-4-21(3)29(19-10-6-7-13-26(30)31-5-2)20-18-22-14-16-23(17-15-22)32-27-28-24-11-8-9-12-25(24)33-27/h8-9,11-12,14-17,21H,4-7,10,13,18-20H2,1-3H3. The van der Waals surface area contributed by atoms with Gasteiger partial charge in [0.1, 0.15) is 5.75 Å². The minimum absolute atomic E-state index is 0.0770. The lowest BCUT2D eigenvalue weighted by atomic mass is 10.1. The van der Waals surface area contributed by atoms with Gasteiger partial charge in [0.15, 0.2) is 0 Å². The molecule has 3 aromatic rings. The van der Waals surface area contributed by atoms with Gasteiger partial charge in [-0.3, -0.25) is 4.79 Å². The lowest BCUT2D eigenvalue weighted by Gasteiger charge is -2.28. The number of esters is 1. The third kappa shape index (κ3) is 8.13. The van der Waals surface area contributed by atoms with Crippen LogP contribution in [0.2, 0.25) is 0 Å². The highest BCUT2D eigenvalue weighted by Gasteiger charge is 2.12. The number of rotatable bonds is 14. The van der Waals surface area contributed by atoms with Crippen molar-refractivity contribution in [3.8, 4) is 10.9 Å². The number of thiazole rings is 1. The van der Waals surface area contributed by atoms with Gasteiger partial charge in [-0.1, -0.05) is 48.9 Å². The molecule has 1 heterocycles. The van der Waals surface area contributed by atoms with Crippen molar-refractivity contribution in [1.29, 1.82) is 0 Å². The first kappa shape index (κ1) is 25.2. The van der Waals surface area contributed by atoms with Crippen LogP contribution in [0.5, 0.6) is 10.9 Å². The number of hydrogen-bond acceptors (Lipinski definition) is 6. The first-order valence-electron chi connectivity index (χ1n) is 12.1. The number of hydrogen-bond donors (Lipinski definition) is 0. The summed E-state index contributed by atoms with van der Waals surface area (Å²) < 4.78 is 12.1. The summed E-state index contributed by atoms with van der Waals surface area (Å²) in [6.45, 7) is 8.96. The lowest BCUT2D eigenvalue weighted by Crippen LogP contribution is -2.35. The number of unbranched alkanes of at least 4 members (excludes halogenated alkanes) is 2. The van der Waals surface area contributed by atoms with E-state index in [2.05, 4.69) is 41.9 Å². The topological polar surface area (TPSA) is 51.7 Å². The van der Waals surface area contributed by atoms with Crippen LogP contribution in [0.1, 0.15) is 58.4 Å². The van der Waals surface area contributed by atoms with Crippen molar-refractivity contribution in [3.63, 3.8) is 0 Å². The summed E-state index contributed by atoms with van der Waals surface area (Å²) in [6, 6.07) is 17.0. The van der Waals surface area contributed by atoms with E-state index in [1.54, 1.807) is 11.3 Å². The van der Waals surface area contributed by atoms with Crippen molar-refractivity contribution >= 4 is 27.5 Å². The molecule has 0 aliphatic rings. The summed E-state index contributed by atoms with van der Waals surface area (Å²) in [5.74, 6) is 0.741. The molecular formula is C27H36N2O3S. The number of aromatic nitrogens is 1. The third-order valence-corrected chi connectivity index (χ3v) is 6.85. The Labute approximate surface area is 201 Å². The summed E-state index contributed by atoms with van der Waals surface area (Å²) in [6.07, 6.45) is 5.75. The molecule has 0 fully saturated rings. The Balaban J connectivity index is 1.45. The quantitative estimate of drug-likeness (QED) is 0.191. The molecule has 1 unspecified atom stereocenters. The first-order valence-corrected chi connectivity index (χ1v) is 12.9. The average molecular weight is 469 g/mol. The first-order chi connectivity index (χ1) is 16.1. The van der Waals surface area contributed by atoms with Gasteiger partial charge in [0, 0.05) is 19.0 Å². The molecule has 0 amide bonds. The zero-order chi connectivity index (χ0) is 23.5. The molecule has 33 heavy (non-hydrogen) atoms. The Morgan fingerprint density at radius 2 is 1.82 bits per heavy atom. The zero-order valence-electron chi connectivity index (χ0n) is 20.1. The molecule has 6 heteroatoms. The summed E-state index contributed by atoms with van der Waals surface area (Å²) in [5, 5.41) is 0.676. The molecular weight excluding hydrogens is 432 g/mol. The van der Waals surface area contributed by atoms with Crippen LogP contribution in [0.15, 0.2) is 48.5 Å². The van der Waals surface area contributed by atoms with Gasteiger partial charge in [-0.25, -0.2) is 4.98 Å². The van der Waals surface area contributed by atoms with Gasteiger partial charge < -0.3 is 14.4 Å². The number of para-hydroxylation sites is 1. The van der Waals surface area contributed by atoms with E-state index < -0.39 is 0 Å².